The molecule has 0 aliphatic carbocycles. The van der Waals surface area contributed by atoms with Crippen LogP contribution < -0.4 is 21.7 Å². The van der Waals surface area contributed by atoms with E-state index < -0.39 is 66.4 Å². The lowest BCUT2D eigenvalue weighted by Gasteiger charge is -2.25. The second-order valence-electron chi connectivity index (χ2n) is 6.95. The van der Waals surface area contributed by atoms with Crippen molar-refractivity contribution in [3.05, 3.63) is 0 Å². The summed E-state index contributed by atoms with van der Waals surface area (Å²) >= 11 is 2.77. The Kier molecular flexibility index (Phi) is 14.7. The molecule has 0 aliphatic heterocycles. The summed E-state index contributed by atoms with van der Waals surface area (Å²) in [5.74, 6) is -4.36. The molecule has 5 unspecified atom stereocenters. The Labute approximate surface area is 194 Å². The predicted molar refractivity (Wildman–Crippen MR) is 121 cm³/mol. The number of carbonyl (C=O) groups is 5. The SMILES string of the molecule is CSCCC(NC(=O)C(CC(=O)O)NC(=O)C(CCSC)NC(=O)C(N)C(C)O)C(=O)O. The maximum absolute atomic E-state index is 12.7. The van der Waals surface area contributed by atoms with Gasteiger partial charge in [-0.2, -0.15) is 23.5 Å². The summed E-state index contributed by atoms with van der Waals surface area (Å²) < 4.78 is 0. The fourth-order valence-corrected chi connectivity index (χ4v) is 3.36. The fourth-order valence-electron chi connectivity index (χ4n) is 2.41. The van der Waals surface area contributed by atoms with Crippen molar-refractivity contribution in [1.29, 1.82) is 0 Å². The van der Waals surface area contributed by atoms with E-state index in [4.69, 9.17) is 10.8 Å². The standard InChI is InChI=1S/C18H32N4O8S2/c1-9(23)14(19)17(28)20-10(4-6-31-2)15(26)22-12(8-13(24)25)16(27)21-11(18(29)30)5-7-32-3/h9-12,14,23H,4-8,19H2,1-3H3,(H,20,28)(H,21,27)(H,22,26)(H,24,25)(H,29,30). The van der Waals surface area contributed by atoms with Gasteiger partial charge in [0, 0.05) is 0 Å². The van der Waals surface area contributed by atoms with Gasteiger partial charge in [-0.1, -0.05) is 0 Å². The number of hydrogen-bond donors (Lipinski definition) is 7. The van der Waals surface area contributed by atoms with E-state index in [1.54, 1.807) is 12.5 Å². The van der Waals surface area contributed by atoms with Crippen molar-refractivity contribution in [3.8, 4) is 0 Å². The van der Waals surface area contributed by atoms with Gasteiger partial charge in [0.25, 0.3) is 0 Å². The van der Waals surface area contributed by atoms with E-state index in [0.29, 0.717) is 11.5 Å². The number of thioether (sulfide) groups is 2. The summed E-state index contributed by atoms with van der Waals surface area (Å²) in [5, 5.41) is 34.8. The molecule has 0 aromatic heterocycles. The van der Waals surface area contributed by atoms with Crippen LogP contribution in [0.4, 0.5) is 0 Å². The minimum absolute atomic E-state index is 0.111. The number of carboxylic acid groups (broad SMARTS) is 2. The zero-order valence-corrected chi connectivity index (χ0v) is 19.8. The molecule has 3 amide bonds. The summed E-state index contributed by atoms with van der Waals surface area (Å²) in [7, 11) is 0. The van der Waals surface area contributed by atoms with Gasteiger partial charge >= 0.3 is 11.9 Å². The van der Waals surface area contributed by atoms with Gasteiger partial charge in [0.1, 0.15) is 24.2 Å². The molecule has 0 heterocycles. The molecule has 14 heteroatoms. The molecule has 0 aromatic rings. The third-order valence-electron chi connectivity index (χ3n) is 4.30. The van der Waals surface area contributed by atoms with E-state index in [-0.39, 0.29) is 12.8 Å². The van der Waals surface area contributed by atoms with Crippen LogP contribution in [0, 0.1) is 0 Å². The number of hydrogen-bond acceptors (Lipinski definition) is 9. The van der Waals surface area contributed by atoms with Crippen molar-refractivity contribution < 1.29 is 39.3 Å². The molecular weight excluding hydrogens is 464 g/mol. The molecule has 5 atom stereocenters. The Bertz CT molecular complexity index is 665. The molecule has 0 spiro atoms. The van der Waals surface area contributed by atoms with Crippen molar-refractivity contribution in [3.63, 3.8) is 0 Å². The molecule has 0 bridgehead atoms. The quantitative estimate of drug-likeness (QED) is 0.127. The van der Waals surface area contributed by atoms with Crippen LogP contribution in [-0.2, 0) is 24.0 Å². The molecule has 184 valence electrons. The topological polar surface area (TPSA) is 208 Å². The van der Waals surface area contributed by atoms with Crippen molar-refractivity contribution in [2.45, 2.75) is 56.5 Å². The van der Waals surface area contributed by atoms with E-state index in [2.05, 4.69) is 16.0 Å². The number of aliphatic carboxylic acids is 2. The van der Waals surface area contributed by atoms with E-state index >= 15 is 0 Å². The first-order valence-electron chi connectivity index (χ1n) is 9.71. The van der Waals surface area contributed by atoms with E-state index in [9.17, 15) is 34.2 Å². The second-order valence-corrected chi connectivity index (χ2v) is 8.92. The third kappa shape index (κ3) is 11.5. The summed E-state index contributed by atoms with van der Waals surface area (Å²) in [4.78, 5) is 60.0. The van der Waals surface area contributed by atoms with Crippen molar-refractivity contribution in [2.75, 3.05) is 24.0 Å². The highest BCUT2D eigenvalue weighted by atomic mass is 32.2. The van der Waals surface area contributed by atoms with Gasteiger partial charge in [-0.3, -0.25) is 19.2 Å². The smallest absolute Gasteiger partial charge is 0.326 e. The molecule has 0 saturated carbocycles. The lowest BCUT2D eigenvalue weighted by Crippen LogP contribution is -2.58. The zero-order valence-electron chi connectivity index (χ0n) is 18.2. The number of aliphatic hydroxyl groups excluding tert-OH is 1. The van der Waals surface area contributed by atoms with Crippen LogP contribution in [0.15, 0.2) is 0 Å². The lowest BCUT2D eigenvalue weighted by molar-refractivity contribution is -0.143. The highest BCUT2D eigenvalue weighted by Crippen LogP contribution is 2.06. The van der Waals surface area contributed by atoms with Crippen LogP contribution in [0.3, 0.4) is 0 Å². The number of aliphatic hydroxyl groups is 1. The number of nitrogens with two attached hydrogens (primary N) is 1. The number of rotatable bonds is 16. The Morgan fingerprint density at radius 3 is 1.69 bits per heavy atom. The Hall–Kier alpha value is -2.03. The minimum atomic E-state index is -1.56. The molecule has 0 radical (unpaired) electrons. The van der Waals surface area contributed by atoms with Crippen LogP contribution in [0.25, 0.3) is 0 Å². The van der Waals surface area contributed by atoms with Crippen molar-refractivity contribution in [1.82, 2.24) is 16.0 Å². The van der Waals surface area contributed by atoms with Gasteiger partial charge in [-0.15, -0.1) is 0 Å². The van der Waals surface area contributed by atoms with Crippen LogP contribution >= 0.6 is 23.5 Å². The van der Waals surface area contributed by atoms with Gasteiger partial charge in [0.2, 0.25) is 17.7 Å². The van der Waals surface area contributed by atoms with Crippen molar-refractivity contribution >= 4 is 53.2 Å². The molecule has 8 N–H and O–H groups in total. The Balaban J connectivity index is 5.44. The first-order valence-corrected chi connectivity index (χ1v) is 12.5. The normalized spacial score (nSPS) is 15.5. The van der Waals surface area contributed by atoms with E-state index in [0.717, 1.165) is 0 Å². The maximum Gasteiger partial charge on any atom is 0.326 e. The average molecular weight is 497 g/mol. The molecule has 0 saturated heterocycles. The fraction of sp³-hybridized carbons (Fsp3) is 0.722. The highest BCUT2D eigenvalue weighted by molar-refractivity contribution is 7.98. The van der Waals surface area contributed by atoms with Crippen LogP contribution in [0.5, 0.6) is 0 Å². The largest absolute Gasteiger partial charge is 0.481 e. The molecule has 0 fully saturated rings. The van der Waals surface area contributed by atoms with E-state index in [1.807, 2.05) is 0 Å². The second kappa shape index (κ2) is 15.7. The number of nitrogens with one attached hydrogen (secondary N) is 3. The number of carboxylic acids is 2. The van der Waals surface area contributed by atoms with Crippen LogP contribution in [0.1, 0.15) is 26.2 Å². The molecular formula is C18H32N4O8S2. The predicted octanol–water partition coefficient (Wildman–Crippen LogP) is -1.79. The van der Waals surface area contributed by atoms with Gasteiger partial charge in [0.15, 0.2) is 0 Å². The van der Waals surface area contributed by atoms with Gasteiger partial charge in [-0.25, -0.2) is 4.79 Å². The summed E-state index contributed by atoms with van der Waals surface area (Å²) in [5.41, 5.74) is 5.58. The summed E-state index contributed by atoms with van der Waals surface area (Å²) in [6.45, 7) is 1.31. The van der Waals surface area contributed by atoms with E-state index in [1.165, 1.54) is 30.4 Å². The summed E-state index contributed by atoms with van der Waals surface area (Å²) in [6, 6.07) is -5.24. The average Bonchev–Trinajstić information content (AvgIpc) is 2.71. The van der Waals surface area contributed by atoms with Gasteiger partial charge < -0.3 is 37.0 Å². The highest BCUT2D eigenvalue weighted by Gasteiger charge is 2.31. The minimum Gasteiger partial charge on any atom is -0.481 e. The lowest BCUT2D eigenvalue weighted by atomic mass is 10.1. The zero-order chi connectivity index (χ0) is 24.8. The number of amides is 3. The first kappa shape index (κ1) is 30.0. The van der Waals surface area contributed by atoms with Gasteiger partial charge in [-0.05, 0) is 43.8 Å². The monoisotopic (exact) mass is 496 g/mol. The Morgan fingerprint density at radius 2 is 1.25 bits per heavy atom. The first-order chi connectivity index (χ1) is 14.9. The summed E-state index contributed by atoms with van der Waals surface area (Å²) in [6.07, 6.45) is 1.85. The molecule has 32 heavy (non-hydrogen) atoms. The van der Waals surface area contributed by atoms with Gasteiger partial charge in [0.05, 0.1) is 12.5 Å². The Morgan fingerprint density at radius 1 is 0.812 bits per heavy atom. The third-order valence-corrected chi connectivity index (χ3v) is 5.59. The van der Waals surface area contributed by atoms with Crippen LogP contribution in [-0.4, -0.2) is 99.3 Å². The molecule has 12 nitrogen and oxygen atoms in total. The van der Waals surface area contributed by atoms with Crippen molar-refractivity contribution in [2.24, 2.45) is 5.73 Å². The maximum atomic E-state index is 12.7. The molecule has 0 aliphatic rings. The molecule has 0 aromatic carbocycles. The number of carbonyl (C=O) groups excluding carboxylic acids is 3. The molecule has 0 rings (SSSR count). The van der Waals surface area contributed by atoms with Crippen LogP contribution in [0.2, 0.25) is 0 Å².